The third-order valence-corrected chi connectivity index (χ3v) is 8.22. The third kappa shape index (κ3) is 6.58. The maximum Gasteiger partial charge on any atom is 0.406 e. The molecule has 0 radical (unpaired) electrons. The number of ether oxygens (including phenoxy) is 1. The molecule has 3 aromatic heterocycles. The van der Waals surface area contributed by atoms with Gasteiger partial charge in [-0.1, -0.05) is 18.1 Å². The Morgan fingerprint density at radius 1 is 1.18 bits per heavy atom. The van der Waals surface area contributed by atoms with Gasteiger partial charge in [0.2, 0.25) is 11.7 Å². The molecule has 0 aliphatic carbocycles. The molecule has 0 unspecified atom stereocenters. The quantitative estimate of drug-likeness (QED) is 0.262. The maximum absolute atomic E-state index is 14.9. The minimum atomic E-state index is -4.53. The van der Waals surface area contributed by atoms with Gasteiger partial charge in [-0.05, 0) is 44.0 Å². The van der Waals surface area contributed by atoms with Crippen LogP contribution in [0, 0.1) is 0 Å². The van der Waals surface area contributed by atoms with Crippen LogP contribution >= 0.6 is 0 Å². The van der Waals surface area contributed by atoms with E-state index in [2.05, 4.69) is 25.9 Å². The number of piperidine rings is 1. The second-order valence-electron chi connectivity index (χ2n) is 11.2. The van der Waals surface area contributed by atoms with Gasteiger partial charge in [0.25, 0.3) is 5.91 Å². The highest BCUT2D eigenvalue weighted by atomic mass is 19.4. The van der Waals surface area contributed by atoms with Gasteiger partial charge in [0.15, 0.2) is 0 Å². The average molecular weight is 619 g/mol. The zero-order valence-corrected chi connectivity index (χ0v) is 24.2. The summed E-state index contributed by atoms with van der Waals surface area (Å²) in [5.74, 6) is -0.441. The molecule has 2 aliphatic heterocycles. The Labute approximate surface area is 250 Å². The fourth-order valence-corrected chi connectivity index (χ4v) is 5.86. The van der Waals surface area contributed by atoms with Gasteiger partial charge < -0.3 is 29.4 Å². The molecule has 5 heterocycles. The number of halogens is 4. The Morgan fingerprint density at radius 3 is 2.75 bits per heavy atom. The van der Waals surface area contributed by atoms with Crippen molar-refractivity contribution in [2.45, 2.75) is 63.7 Å². The van der Waals surface area contributed by atoms with E-state index >= 15 is 0 Å². The summed E-state index contributed by atoms with van der Waals surface area (Å²) >= 11 is 0. The van der Waals surface area contributed by atoms with Gasteiger partial charge in [-0.15, -0.1) is 0 Å². The highest BCUT2D eigenvalue weighted by Gasteiger charge is 2.32. The van der Waals surface area contributed by atoms with Gasteiger partial charge in [0.05, 0.1) is 41.6 Å². The molecule has 15 heteroatoms. The number of aromatic nitrogens is 5. The largest absolute Gasteiger partial charge is 0.406 e. The first kappa shape index (κ1) is 30.1. The van der Waals surface area contributed by atoms with Crippen molar-refractivity contribution in [3.8, 4) is 11.5 Å². The topological polar surface area (TPSA) is 115 Å². The zero-order chi connectivity index (χ0) is 30.8. The summed E-state index contributed by atoms with van der Waals surface area (Å²) in [7, 11) is 0. The summed E-state index contributed by atoms with van der Waals surface area (Å²) in [6.07, 6.45) is -0.320. The molecule has 4 aromatic rings. The number of nitrogens with zero attached hydrogens (tertiary/aromatic N) is 6. The van der Waals surface area contributed by atoms with Crippen LogP contribution in [0.4, 0.5) is 23.2 Å². The molecule has 11 nitrogen and oxygen atoms in total. The van der Waals surface area contributed by atoms with Gasteiger partial charge in [-0.25, -0.2) is 4.39 Å². The van der Waals surface area contributed by atoms with Crippen molar-refractivity contribution in [3.05, 3.63) is 48.1 Å². The molecule has 0 saturated carbocycles. The number of carbonyl (C=O) groups is 1. The smallest absolute Gasteiger partial charge is 0.381 e. The molecular formula is C29H34F4N8O3. The molecule has 0 spiro atoms. The summed E-state index contributed by atoms with van der Waals surface area (Å²) < 4.78 is 69.6. The molecule has 6 rings (SSSR count). The van der Waals surface area contributed by atoms with Crippen molar-refractivity contribution < 1.29 is 31.6 Å². The molecule has 2 N–H and O–H groups in total. The van der Waals surface area contributed by atoms with E-state index in [0.717, 1.165) is 30.5 Å². The highest BCUT2D eigenvalue weighted by Crippen LogP contribution is 2.35. The lowest BCUT2D eigenvalue weighted by Crippen LogP contribution is -2.47. The van der Waals surface area contributed by atoms with E-state index in [9.17, 15) is 22.4 Å². The average Bonchev–Trinajstić information content (AvgIpc) is 3.76. The van der Waals surface area contributed by atoms with E-state index in [1.54, 1.807) is 35.1 Å². The normalized spacial score (nSPS) is 20.3. The van der Waals surface area contributed by atoms with Crippen molar-refractivity contribution in [3.63, 3.8) is 0 Å². The van der Waals surface area contributed by atoms with Crippen LogP contribution in [-0.4, -0.2) is 86.5 Å². The lowest BCUT2D eigenvalue weighted by molar-refractivity contribution is -0.139. The number of hydrogen-bond donors (Lipinski definition) is 2. The van der Waals surface area contributed by atoms with E-state index in [0.29, 0.717) is 48.3 Å². The van der Waals surface area contributed by atoms with Crippen LogP contribution in [0.25, 0.3) is 22.4 Å². The van der Waals surface area contributed by atoms with Gasteiger partial charge in [-0.3, -0.25) is 9.48 Å². The van der Waals surface area contributed by atoms with Crippen molar-refractivity contribution in [1.29, 1.82) is 0 Å². The van der Waals surface area contributed by atoms with Crippen LogP contribution in [0.2, 0.25) is 0 Å². The van der Waals surface area contributed by atoms with E-state index in [1.807, 2.05) is 11.8 Å². The molecular weight excluding hydrogens is 584 g/mol. The van der Waals surface area contributed by atoms with E-state index in [1.165, 1.54) is 6.20 Å². The van der Waals surface area contributed by atoms with Crippen molar-refractivity contribution in [2.75, 3.05) is 38.2 Å². The molecule has 0 bridgehead atoms. The first-order chi connectivity index (χ1) is 21.2. The first-order valence-electron chi connectivity index (χ1n) is 14.7. The summed E-state index contributed by atoms with van der Waals surface area (Å²) in [6.45, 7) is 3.62. The van der Waals surface area contributed by atoms with Gasteiger partial charge in [0.1, 0.15) is 12.7 Å². The van der Waals surface area contributed by atoms with E-state index < -0.39 is 30.8 Å². The van der Waals surface area contributed by atoms with Crippen LogP contribution in [0.3, 0.4) is 0 Å². The SMILES string of the molecule is CCN1CC[C@@H](Nc2cccc3c2cc(-c2noc(CNC(=O)c4cnn(C5CCOCC5)c4)n2)n3CC(F)(F)F)[C@@H](F)C1. The Hall–Kier alpha value is -3.98. The molecule has 236 valence electrons. The van der Waals surface area contributed by atoms with Crippen LogP contribution in [0.1, 0.15) is 48.5 Å². The number of likely N-dealkylation sites (tertiary alicyclic amines) is 1. The molecule has 2 saturated heterocycles. The summed E-state index contributed by atoms with van der Waals surface area (Å²) in [5, 5.41) is 14.6. The molecule has 2 fully saturated rings. The Morgan fingerprint density at radius 2 is 2.00 bits per heavy atom. The first-order valence-corrected chi connectivity index (χ1v) is 14.7. The van der Waals surface area contributed by atoms with Crippen LogP contribution in [0.5, 0.6) is 0 Å². The van der Waals surface area contributed by atoms with Gasteiger partial charge in [0, 0.05) is 43.6 Å². The van der Waals surface area contributed by atoms with Crippen LogP contribution < -0.4 is 10.6 Å². The van der Waals surface area contributed by atoms with Crippen molar-refractivity contribution in [1.82, 2.24) is 34.7 Å². The second-order valence-corrected chi connectivity index (χ2v) is 11.2. The standard InChI is InChI=1S/C29H34F4N8O3/c1-2-39-9-6-23(21(30)16-39)36-22-4-3-5-24-20(22)12-25(40(24)17-29(31,32)33)27-37-26(44-38-27)14-34-28(42)18-13-35-41(15-18)19-7-10-43-11-8-19/h3-5,12-13,15,19,21,23,36H,2,6-11,14,16-17H2,1H3,(H,34,42)/t21-,23+/m0/s1. The second kappa shape index (κ2) is 12.6. The fourth-order valence-electron chi connectivity index (χ4n) is 5.86. The van der Waals surface area contributed by atoms with Gasteiger partial charge in [-0.2, -0.15) is 23.3 Å². The number of nitrogens with one attached hydrogen (secondary N) is 2. The monoisotopic (exact) mass is 618 g/mol. The maximum atomic E-state index is 14.9. The molecule has 44 heavy (non-hydrogen) atoms. The van der Waals surface area contributed by atoms with Crippen molar-refractivity contribution in [2.24, 2.45) is 0 Å². The summed E-state index contributed by atoms with van der Waals surface area (Å²) in [6, 6.07) is 6.18. The summed E-state index contributed by atoms with van der Waals surface area (Å²) in [4.78, 5) is 19.0. The number of anilines is 1. The molecule has 2 aliphatic rings. The number of fused-ring (bicyclic) bond motifs is 1. The number of hydrogen-bond acceptors (Lipinski definition) is 8. The summed E-state index contributed by atoms with van der Waals surface area (Å²) in [5.41, 5.74) is 1.27. The zero-order valence-electron chi connectivity index (χ0n) is 24.2. The van der Waals surface area contributed by atoms with Crippen LogP contribution in [0.15, 0.2) is 41.2 Å². The van der Waals surface area contributed by atoms with Crippen LogP contribution in [-0.2, 0) is 17.8 Å². The number of alkyl halides is 4. The number of rotatable bonds is 9. The number of carbonyl (C=O) groups excluding carboxylic acids is 1. The Kier molecular flexibility index (Phi) is 8.58. The predicted octanol–water partition coefficient (Wildman–Crippen LogP) is 4.58. The molecule has 1 amide bonds. The van der Waals surface area contributed by atoms with E-state index in [-0.39, 0.29) is 30.0 Å². The highest BCUT2D eigenvalue weighted by molar-refractivity contribution is 5.96. The fraction of sp³-hybridized carbons (Fsp3) is 0.517. The Bertz CT molecular complexity index is 1590. The predicted molar refractivity (Wildman–Crippen MR) is 153 cm³/mol. The Balaban J connectivity index is 1.20. The number of amides is 1. The molecule has 1 aromatic carbocycles. The van der Waals surface area contributed by atoms with Gasteiger partial charge >= 0.3 is 6.18 Å². The minimum absolute atomic E-state index is 0.0234. The lowest BCUT2D eigenvalue weighted by atomic mass is 10.0. The third-order valence-electron chi connectivity index (χ3n) is 8.22. The van der Waals surface area contributed by atoms with E-state index in [4.69, 9.17) is 9.26 Å². The minimum Gasteiger partial charge on any atom is -0.381 e. The number of benzene rings is 1. The van der Waals surface area contributed by atoms with Crippen molar-refractivity contribution >= 4 is 22.5 Å². The lowest BCUT2D eigenvalue weighted by Gasteiger charge is -2.35. The molecule has 2 atom stereocenters.